The lowest BCUT2D eigenvalue weighted by molar-refractivity contribution is -0.148. The molecular weight excluding hydrogens is 378 g/mol. The van der Waals surface area contributed by atoms with E-state index in [0.29, 0.717) is 16.8 Å². The molecule has 9 heteroatoms. The molecular formula is C20H17N3O6. The van der Waals surface area contributed by atoms with Crippen molar-refractivity contribution in [3.05, 3.63) is 70.7 Å². The third-order valence-electron chi connectivity index (χ3n) is 3.85. The van der Waals surface area contributed by atoms with Crippen LogP contribution in [0.25, 0.3) is 11.5 Å². The highest BCUT2D eigenvalue weighted by atomic mass is 16.5. The summed E-state index contributed by atoms with van der Waals surface area (Å²) in [4.78, 5) is 47.4. The van der Waals surface area contributed by atoms with Crippen LogP contribution in [0.1, 0.15) is 17.3 Å². The van der Waals surface area contributed by atoms with Crippen LogP contribution in [0.3, 0.4) is 0 Å². The molecule has 3 rings (SSSR count). The number of carbonyl (C=O) groups is 3. The Morgan fingerprint density at radius 1 is 1.07 bits per heavy atom. The van der Waals surface area contributed by atoms with Gasteiger partial charge in [-0.1, -0.05) is 30.3 Å². The number of anilines is 1. The Hall–Kier alpha value is -4.01. The molecule has 0 fully saturated rings. The molecule has 0 aliphatic rings. The van der Waals surface area contributed by atoms with Crippen molar-refractivity contribution in [3.8, 4) is 11.5 Å². The first-order valence-electron chi connectivity index (χ1n) is 8.63. The number of para-hydroxylation sites is 1. The van der Waals surface area contributed by atoms with Crippen molar-refractivity contribution in [1.29, 1.82) is 0 Å². The number of carbonyl (C=O) groups excluding carboxylic acids is 3. The van der Waals surface area contributed by atoms with Gasteiger partial charge in [0.25, 0.3) is 5.91 Å². The zero-order chi connectivity index (χ0) is 20.8. The molecule has 0 spiro atoms. The largest absolute Gasteiger partial charge is 0.454 e. The fourth-order valence-corrected chi connectivity index (χ4v) is 2.50. The van der Waals surface area contributed by atoms with E-state index in [0.717, 1.165) is 4.68 Å². The third kappa shape index (κ3) is 5.04. The summed E-state index contributed by atoms with van der Waals surface area (Å²) in [5.74, 6) is -2.42. The molecule has 0 saturated heterocycles. The molecule has 1 aromatic heterocycles. The fraction of sp³-hybridized carbons (Fsp3) is 0.150. The number of benzene rings is 2. The molecule has 0 aliphatic carbocycles. The van der Waals surface area contributed by atoms with E-state index in [1.54, 1.807) is 54.6 Å². The van der Waals surface area contributed by atoms with E-state index >= 15 is 0 Å². The second kappa shape index (κ2) is 8.79. The summed E-state index contributed by atoms with van der Waals surface area (Å²) in [6.45, 7) is 0.292. The highest BCUT2D eigenvalue weighted by Gasteiger charge is 2.16. The smallest absolute Gasteiger partial charge is 0.437 e. The Kier molecular flexibility index (Phi) is 5.98. The molecule has 0 aliphatic heterocycles. The topological polar surface area (TPSA) is 120 Å². The monoisotopic (exact) mass is 395 g/mol. The van der Waals surface area contributed by atoms with Crippen molar-refractivity contribution in [2.24, 2.45) is 0 Å². The molecule has 2 aromatic carbocycles. The van der Waals surface area contributed by atoms with Gasteiger partial charge >= 0.3 is 11.7 Å². The van der Waals surface area contributed by atoms with Gasteiger partial charge < -0.3 is 14.5 Å². The lowest BCUT2D eigenvalue weighted by atomic mass is 10.1. The number of ether oxygens (including phenoxy) is 1. The van der Waals surface area contributed by atoms with Crippen molar-refractivity contribution in [1.82, 2.24) is 9.78 Å². The maximum Gasteiger partial charge on any atom is 0.437 e. The number of nitrogens with one attached hydrogen (secondary N) is 1. The van der Waals surface area contributed by atoms with Gasteiger partial charge in [-0.05, 0) is 31.2 Å². The highest BCUT2D eigenvalue weighted by molar-refractivity contribution is 6.04. The van der Waals surface area contributed by atoms with Gasteiger partial charge in [-0.3, -0.25) is 14.4 Å². The van der Waals surface area contributed by atoms with Crippen molar-refractivity contribution in [3.63, 3.8) is 0 Å². The minimum atomic E-state index is -0.838. The Morgan fingerprint density at radius 2 is 1.76 bits per heavy atom. The summed E-state index contributed by atoms with van der Waals surface area (Å²) in [5, 5.41) is 6.45. The number of nitrogens with zero attached hydrogens (tertiary/aromatic N) is 2. The van der Waals surface area contributed by atoms with Crippen molar-refractivity contribution in [2.75, 3.05) is 11.9 Å². The zero-order valence-corrected chi connectivity index (χ0v) is 15.5. The molecule has 9 nitrogen and oxygen atoms in total. The Balaban J connectivity index is 1.57. The maximum absolute atomic E-state index is 12.0. The molecule has 0 atom stereocenters. The summed E-state index contributed by atoms with van der Waals surface area (Å²) in [6, 6.07) is 15.2. The van der Waals surface area contributed by atoms with E-state index in [1.807, 2.05) is 0 Å². The number of ketones is 1. The molecule has 1 heterocycles. The van der Waals surface area contributed by atoms with E-state index in [2.05, 4.69) is 10.4 Å². The van der Waals surface area contributed by atoms with Crippen molar-refractivity contribution >= 4 is 23.3 Å². The van der Waals surface area contributed by atoms with Gasteiger partial charge in [0.1, 0.15) is 6.54 Å². The predicted molar refractivity (Wildman–Crippen MR) is 102 cm³/mol. The first kappa shape index (κ1) is 19.7. The average Bonchev–Trinajstić information content (AvgIpc) is 3.07. The molecule has 1 amide bonds. The summed E-state index contributed by atoms with van der Waals surface area (Å²) >= 11 is 0. The van der Waals surface area contributed by atoms with Gasteiger partial charge in [0.05, 0.1) is 5.69 Å². The number of Topliss-reactive ketones (excluding diaryl/α,β-unsaturated/α-hetero) is 1. The second-order valence-corrected chi connectivity index (χ2v) is 6.01. The lowest BCUT2D eigenvalue weighted by Crippen LogP contribution is -2.26. The molecule has 0 bridgehead atoms. The average molecular weight is 395 g/mol. The Morgan fingerprint density at radius 3 is 2.48 bits per heavy atom. The first-order valence-corrected chi connectivity index (χ1v) is 8.63. The predicted octanol–water partition coefficient (Wildman–Crippen LogP) is 1.89. The van der Waals surface area contributed by atoms with Crippen LogP contribution in [-0.4, -0.2) is 34.0 Å². The fourth-order valence-electron chi connectivity index (χ4n) is 2.50. The van der Waals surface area contributed by atoms with Crippen LogP contribution in [0.5, 0.6) is 0 Å². The zero-order valence-electron chi connectivity index (χ0n) is 15.5. The van der Waals surface area contributed by atoms with Crippen LogP contribution in [0, 0.1) is 0 Å². The molecule has 0 unspecified atom stereocenters. The second-order valence-electron chi connectivity index (χ2n) is 6.01. The minimum Gasteiger partial charge on any atom is -0.454 e. The number of hydrogen-bond donors (Lipinski definition) is 1. The molecule has 148 valence electrons. The first-order chi connectivity index (χ1) is 13.9. The SMILES string of the molecule is CC(=O)c1ccccc1NC(=O)COC(=O)Cn1nc(-c2ccccc2)oc1=O. The number of hydrogen-bond acceptors (Lipinski definition) is 7. The summed E-state index contributed by atoms with van der Waals surface area (Å²) in [5.41, 5.74) is 1.25. The van der Waals surface area contributed by atoms with Crippen LogP contribution < -0.4 is 11.1 Å². The van der Waals surface area contributed by atoms with Gasteiger partial charge in [0.2, 0.25) is 5.89 Å². The standard InChI is InChI=1S/C20H17N3O6/c1-13(24)15-9-5-6-10-16(15)21-17(25)12-28-18(26)11-23-20(27)29-19(22-23)14-7-3-2-4-8-14/h2-10H,11-12H2,1H3,(H,21,25). The quantitative estimate of drug-likeness (QED) is 0.479. The van der Waals surface area contributed by atoms with Crippen LogP contribution in [-0.2, 0) is 20.9 Å². The Bertz CT molecular complexity index is 1100. The number of aromatic nitrogens is 2. The van der Waals surface area contributed by atoms with E-state index in [4.69, 9.17) is 9.15 Å². The van der Waals surface area contributed by atoms with Gasteiger partial charge in [-0.25, -0.2) is 4.79 Å². The van der Waals surface area contributed by atoms with Gasteiger partial charge in [0.15, 0.2) is 12.4 Å². The number of amides is 1. The molecule has 3 aromatic rings. The lowest BCUT2D eigenvalue weighted by Gasteiger charge is -2.09. The van der Waals surface area contributed by atoms with Crippen LogP contribution in [0.2, 0.25) is 0 Å². The van der Waals surface area contributed by atoms with E-state index < -0.39 is 30.8 Å². The van der Waals surface area contributed by atoms with E-state index in [-0.39, 0.29) is 11.7 Å². The summed E-state index contributed by atoms with van der Waals surface area (Å²) in [6.07, 6.45) is 0. The highest BCUT2D eigenvalue weighted by Crippen LogP contribution is 2.15. The Labute approximate surface area is 164 Å². The van der Waals surface area contributed by atoms with E-state index in [9.17, 15) is 19.2 Å². The van der Waals surface area contributed by atoms with Gasteiger partial charge in [0, 0.05) is 11.1 Å². The third-order valence-corrected chi connectivity index (χ3v) is 3.85. The van der Waals surface area contributed by atoms with Crippen LogP contribution >= 0.6 is 0 Å². The van der Waals surface area contributed by atoms with Crippen molar-refractivity contribution < 1.29 is 23.5 Å². The number of rotatable bonds is 7. The number of esters is 1. The molecule has 0 saturated carbocycles. The van der Waals surface area contributed by atoms with Crippen LogP contribution in [0.4, 0.5) is 5.69 Å². The maximum atomic E-state index is 12.0. The van der Waals surface area contributed by atoms with Crippen LogP contribution in [0.15, 0.2) is 63.8 Å². The van der Waals surface area contributed by atoms with E-state index in [1.165, 1.54) is 6.92 Å². The van der Waals surface area contributed by atoms with Gasteiger partial charge in [-0.15, -0.1) is 5.10 Å². The summed E-state index contributed by atoms with van der Waals surface area (Å²) < 4.78 is 10.7. The molecule has 1 N–H and O–H groups in total. The normalized spacial score (nSPS) is 10.4. The minimum absolute atomic E-state index is 0.0713. The molecule has 29 heavy (non-hydrogen) atoms. The summed E-state index contributed by atoms with van der Waals surface area (Å²) in [7, 11) is 0. The van der Waals surface area contributed by atoms with Crippen molar-refractivity contribution in [2.45, 2.75) is 13.5 Å². The van der Waals surface area contributed by atoms with Gasteiger partial charge in [-0.2, -0.15) is 4.68 Å². The molecule has 0 radical (unpaired) electrons.